The molecular weight excluding hydrogens is 444 g/mol. The molecule has 0 aliphatic heterocycles. The molecule has 0 bridgehead atoms. The fraction of sp³-hybridized carbons (Fsp3) is 0. The third-order valence-corrected chi connectivity index (χ3v) is 6.45. The van der Waals surface area contributed by atoms with E-state index in [2.05, 4.69) is 27.0 Å². The first-order valence-electron chi connectivity index (χ1n) is 7.75. The second-order valence-electron chi connectivity index (χ2n) is 5.73. The molecule has 1 aromatic carbocycles. The van der Waals surface area contributed by atoms with Crippen molar-refractivity contribution in [2.45, 2.75) is 0 Å². The summed E-state index contributed by atoms with van der Waals surface area (Å²) in [7, 11) is 0. The van der Waals surface area contributed by atoms with Crippen molar-refractivity contribution in [2.75, 3.05) is 11.5 Å². The minimum absolute atomic E-state index is 0.134. The Morgan fingerprint density at radius 3 is 2.56 bits per heavy atom. The van der Waals surface area contributed by atoms with Crippen molar-refractivity contribution < 1.29 is 4.79 Å². The van der Waals surface area contributed by atoms with Crippen molar-refractivity contribution in [1.29, 1.82) is 5.26 Å². The summed E-state index contributed by atoms with van der Waals surface area (Å²) in [5.74, 6) is -0.0496. The van der Waals surface area contributed by atoms with Crippen molar-refractivity contribution in [3.05, 3.63) is 61.6 Å². The quantitative estimate of drug-likeness (QED) is 0.421. The van der Waals surface area contributed by atoms with Crippen LogP contribution in [0.1, 0.15) is 20.8 Å². The first-order chi connectivity index (χ1) is 13.0. The molecule has 0 atom stereocenters. The van der Waals surface area contributed by atoms with Gasteiger partial charge in [0.2, 0.25) is 5.78 Å². The summed E-state index contributed by atoms with van der Waals surface area (Å²) in [4.78, 5) is 18.2. The predicted octanol–water partition coefficient (Wildman–Crippen LogP) is 5.05. The van der Waals surface area contributed by atoms with E-state index in [9.17, 15) is 10.1 Å². The number of pyridine rings is 1. The first kappa shape index (κ1) is 17.7. The second kappa shape index (κ2) is 6.78. The molecule has 5 nitrogen and oxygen atoms in total. The highest BCUT2D eigenvalue weighted by Crippen LogP contribution is 2.43. The average molecular weight is 455 g/mol. The van der Waals surface area contributed by atoms with E-state index in [1.54, 1.807) is 24.3 Å². The second-order valence-corrected chi connectivity index (χ2v) is 8.43. The number of nitrogen functional groups attached to an aromatic ring is 2. The highest BCUT2D eigenvalue weighted by molar-refractivity contribution is 9.10. The molecule has 0 fully saturated rings. The maximum Gasteiger partial charge on any atom is 0.205 e. The molecule has 3 heterocycles. The molecule has 4 rings (SSSR count). The summed E-state index contributed by atoms with van der Waals surface area (Å²) in [6.45, 7) is 0. The molecule has 4 N–H and O–H groups in total. The van der Waals surface area contributed by atoms with E-state index in [0.29, 0.717) is 31.9 Å². The molecule has 0 aliphatic carbocycles. The molecule has 27 heavy (non-hydrogen) atoms. The van der Waals surface area contributed by atoms with Crippen LogP contribution in [-0.4, -0.2) is 10.8 Å². The number of nitriles is 1. The molecule has 0 saturated heterocycles. The van der Waals surface area contributed by atoms with Crippen LogP contribution in [0, 0.1) is 11.3 Å². The maximum absolute atomic E-state index is 13.0. The van der Waals surface area contributed by atoms with Gasteiger partial charge in [-0.15, -0.1) is 11.3 Å². The highest BCUT2D eigenvalue weighted by Gasteiger charge is 2.24. The largest absolute Gasteiger partial charge is 0.397 e. The van der Waals surface area contributed by atoms with Crippen molar-refractivity contribution in [1.82, 2.24) is 4.98 Å². The van der Waals surface area contributed by atoms with Gasteiger partial charge in [-0.25, -0.2) is 4.98 Å². The minimum Gasteiger partial charge on any atom is -0.397 e. The van der Waals surface area contributed by atoms with Gasteiger partial charge in [-0.2, -0.15) is 16.6 Å². The Morgan fingerprint density at radius 1 is 1.19 bits per heavy atom. The third kappa shape index (κ3) is 2.90. The van der Waals surface area contributed by atoms with E-state index in [4.69, 9.17) is 11.5 Å². The van der Waals surface area contributed by atoms with Crippen molar-refractivity contribution in [2.24, 2.45) is 0 Å². The van der Waals surface area contributed by atoms with Gasteiger partial charge in [0.1, 0.15) is 27.2 Å². The number of thiophene rings is 2. The summed E-state index contributed by atoms with van der Waals surface area (Å²) in [5.41, 5.74) is 15.0. The van der Waals surface area contributed by atoms with Crippen LogP contribution >= 0.6 is 38.6 Å². The highest BCUT2D eigenvalue weighted by atomic mass is 79.9. The predicted molar refractivity (Wildman–Crippen MR) is 114 cm³/mol. The van der Waals surface area contributed by atoms with E-state index < -0.39 is 0 Å². The molecule has 132 valence electrons. The van der Waals surface area contributed by atoms with Crippen LogP contribution in [0.25, 0.3) is 21.3 Å². The summed E-state index contributed by atoms with van der Waals surface area (Å²) in [5, 5.41) is 14.0. The SMILES string of the molecule is N#Cc1c(N)nc2sc(C(=O)c3ccc(Br)cc3)c(N)c2c1-c1ccsc1. The van der Waals surface area contributed by atoms with Crippen LogP contribution in [0.3, 0.4) is 0 Å². The molecule has 3 aromatic heterocycles. The first-order valence-corrected chi connectivity index (χ1v) is 10.3. The Kier molecular flexibility index (Phi) is 4.44. The van der Waals surface area contributed by atoms with Crippen LogP contribution in [0.15, 0.2) is 45.6 Å². The van der Waals surface area contributed by atoms with Gasteiger partial charge >= 0.3 is 0 Å². The normalized spacial score (nSPS) is 10.8. The van der Waals surface area contributed by atoms with E-state index in [1.165, 1.54) is 22.7 Å². The molecule has 0 unspecified atom stereocenters. The zero-order valence-electron chi connectivity index (χ0n) is 13.7. The Hall–Kier alpha value is -2.73. The van der Waals surface area contributed by atoms with Crippen molar-refractivity contribution in [3.63, 3.8) is 0 Å². The molecule has 0 saturated carbocycles. The maximum atomic E-state index is 13.0. The number of ketones is 1. The summed E-state index contributed by atoms with van der Waals surface area (Å²) >= 11 is 6.06. The number of carbonyl (C=O) groups excluding carboxylic acids is 1. The van der Waals surface area contributed by atoms with Crippen LogP contribution in [0.5, 0.6) is 0 Å². The summed E-state index contributed by atoms with van der Waals surface area (Å²) in [6, 6.07) is 11.1. The fourth-order valence-electron chi connectivity index (χ4n) is 2.88. The average Bonchev–Trinajstić information content (AvgIpc) is 3.29. The van der Waals surface area contributed by atoms with Gasteiger partial charge in [0, 0.05) is 21.0 Å². The monoisotopic (exact) mass is 454 g/mol. The van der Waals surface area contributed by atoms with Crippen LogP contribution < -0.4 is 11.5 Å². The number of nitrogens with zero attached hydrogens (tertiary/aromatic N) is 2. The molecule has 4 aromatic rings. The number of nitrogens with two attached hydrogens (primary N) is 2. The van der Waals surface area contributed by atoms with Gasteiger partial charge in [-0.3, -0.25) is 4.79 Å². The Bertz CT molecular complexity index is 1220. The number of anilines is 2. The van der Waals surface area contributed by atoms with E-state index >= 15 is 0 Å². The number of fused-ring (bicyclic) bond motifs is 1. The Morgan fingerprint density at radius 2 is 1.93 bits per heavy atom. The van der Waals surface area contributed by atoms with Gasteiger partial charge in [0.05, 0.1) is 5.69 Å². The van der Waals surface area contributed by atoms with Crippen LogP contribution in [0.2, 0.25) is 0 Å². The lowest BCUT2D eigenvalue weighted by molar-refractivity contribution is 0.104. The number of hydrogen-bond donors (Lipinski definition) is 2. The molecule has 8 heteroatoms. The summed E-state index contributed by atoms with van der Waals surface area (Å²) in [6.07, 6.45) is 0. The lowest BCUT2D eigenvalue weighted by Crippen LogP contribution is -2.02. The lowest BCUT2D eigenvalue weighted by atomic mass is 9.99. The third-order valence-electron chi connectivity index (χ3n) is 4.14. The van der Waals surface area contributed by atoms with E-state index in [0.717, 1.165) is 10.0 Å². The number of rotatable bonds is 3. The number of halogens is 1. The molecule has 0 spiro atoms. The van der Waals surface area contributed by atoms with Gasteiger partial charge in [-0.05, 0) is 46.7 Å². The number of carbonyl (C=O) groups is 1. The van der Waals surface area contributed by atoms with Crippen molar-refractivity contribution in [3.8, 4) is 17.2 Å². The van der Waals surface area contributed by atoms with Gasteiger partial charge in [0.15, 0.2) is 0 Å². The number of hydrogen-bond acceptors (Lipinski definition) is 7. The molecular formula is C19H11BrN4OS2. The molecule has 0 amide bonds. The zero-order valence-corrected chi connectivity index (χ0v) is 16.9. The van der Waals surface area contributed by atoms with Gasteiger partial charge in [-0.1, -0.05) is 15.9 Å². The zero-order chi connectivity index (χ0) is 19.1. The summed E-state index contributed by atoms with van der Waals surface area (Å²) < 4.78 is 0.885. The number of aromatic nitrogens is 1. The van der Waals surface area contributed by atoms with Crippen molar-refractivity contribution >= 4 is 66.1 Å². The van der Waals surface area contributed by atoms with Gasteiger partial charge < -0.3 is 11.5 Å². The van der Waals surface area contributed by atoms with Crippen LogP contribution in [0.4, 0.5) is 11.5 Å². The van der Waals surface area contributed by atoms with E-state index in [-0.39, 0.29) is 17.2 Å². The Labute approximate surface area is 171 Å². The lowest BCUT2D eigenvalue weighted by Gasteiger charge is -2.07. The Balaban J connectivity index is 2.00. The standard InChI is InChI=1S/C19H11BrN4OS2/c20-11-3-1-9(2-4-11)16(25)17-15(22)14-13(10-5-6-26-8-10)12(7-21)18(23)24-19(14)27-17/h1-6,8H,22H2,(H2,23,24). The minimum atomic E-state index is -0.184. The number of benzene rings is 1. The topological polar surface area (TPSA) is 106 Å². The fourth-order valence-corrected chi connectivity index (χ4v) is 4.86. The van der Waals surface area contributed by atoms with Crippen LogP contribution in [-0.2, 0) is 0 Å². The molecule has 0 radical (unpaired) electrons. The smallest absolute Gasteiger partial charge is 0.205 e. The van der Waals surface area contributed by atoms with E-state index in [1.807, 2.05) is 16.8 Å². The molecule has 0 aliphatic rings. The van der Waals surface area contributed by atoms with Gasteiger partial charge in [0.25, 0.3) is 0 Å².